The predicted octanol–water partition coefficient (Wildman–Crippen LogP) is -0.627. The molecule has 7 heteroatoms. The summed E-state index contributed by atoms with van der Waals surface area (Å²) in [6.45, 7) is 0. The molecule has 0 aliphatic rings. The minimum atomic E-state index is -1.86. The molecule has 0 aliphatic carbocycles. The first-order chi connectivity index (χ1) is 6.75. The van der Waals surface area contributed by atoms with E-state index in [1.54, 1.807) is 0 Å². The van der Waals surface area contributed by atoms with Crippen molar-refractivity contribution in [3.63, 3.8) is 0 Å². The number of rotatable bonds is 2. The molecule has 70 valence electrons. The van der Waals surface area contributed by atoms with Crippen molar-refractivity contribution in [2.75, 3.05) is 0 Å². The summed E-state index contributed by atoms with van der Waals surface area (Å²) in [5, 5.41) is 17.1. The van der Waals surface area contributed by atoms with Crippen LogP contribution in [0.5, 0.6) is 5.75 Å². The summed E-state index contributed by atoms with van der Waals surface area (Å²) in [6, 6.07) is 1.52. The molecule has 0 aliphatic heterocycles. The van der Waals surface area contributed by atoms with Gasteiger partial charge in [-0.1, -0.05) is 0 Å². The van der Waals surface area contributed by atoms with Crippen molar-refractivity contribution in [3.05, 3.63) is 24.7 Å². The van der Waals surface area contributed by atoms with Gasteiger partial charge in [0.05, 0.1) is 6.20 Å². The Morgan fingerprint density at radius 1 is 1.14 bits per heavy atom. The largest absolute Gasteiger partial charge is 0.707 e. The Hall–Kier alpha value is -1.73. The van der Waals surface area contributed by atoms with Gasteiger partial charge >= 0.3 is 7.32 Å². The van der Waals surface area contributed by atoms with Gasteiger partial charge in [-0.25, -0.2) is 9.97 Å². The zero-order valence-corrected chi connectivity index (χ0v) is 7.03. The van der Waals surface area contributed by atoms with Crippen molar-refractivity contribution in [2.45, 2.75) is 0 Å². The molecule has 0 saturated heterocycles. The monoisotopic (exact) mass is 191 g/mol. The van der Waals surface area contributed by atoms with Crippen LogP contribution in [0.15, 0.2) is 24.7 Å². The lowest BCUT2D eigenvalue weighted by molar-refractivity contribution is 0.288. The van der Waals surface area contributed by atoms with E-state index in [1.807, 2.05) is 0 Å². The summed E-state index contributed by atoms with van der Waals surface area (Å²) < 4.78 is 4.60. The van der Waals surface area contributed by atoms with Gasteiger partial charge in [-0.3, -0.25) is 4.98 Å². The molecule has 14 heavy (non-hydrogen) atoms. The lowest BCUT2D eigenvalue weighted by atomic mass is 10.2. The minimum absolute atomic E-state index is 0.230. The third-order valence-electron chi connectivity index (χ3n) is 1.54. The number of fused-ring (bicyclic) bond motifs is 1. The predicted molar refractivity (Wildman–Crippen MR) is 48.2 cm³/mol. The average Bonchev–Trinajstić information content (AvgIpc) is 2.17. The SMILES string of the molecule is OB(O)Oc1cnc2nccnc2c1. The lowest BCUT2D eigenvalue weighted by Crippen LogP contribution is -2.20. The first kappa shape index (κ1) is 8.85. The molecule has 0 amide bonds. The number of nitrogens with zero attached hydrogens (tertiary/aromatic N) is 3. The second-order valence-corrected chi connectivity index (χ2v) is 2.51. The van der Waals surface area contributed by atoms with Gasteiger partial charge in [-0.2, -0.15) is 0 Å². The molecular formula is C7H6BN3O3. The number of hydrogen-bond donors (Lipinski definition) is 2. The molecule has 0 aromatic carbocycles. The Bertz CT molecular complexity index is 451. The zero-order valence-electron chi connectivity index (χ0n) is 7.03. The first-order valence-electron chi connectivity index (χ1n) is 3.85. The normalized spacial score (nSPS) is 10.1. The van der Waals surface area contributed by atoms with Crippen LogP contribution in [0.1, 0.15) is 0 Å². The highest BCUT2D eigenvalue weighted by atomic mass is 16.6. The molecule has 0 radical (unpaired) electrons. The maximum Gasteiger partial charge on any atom is 0.707 e. The molecule has 0 bridgehead atoms. The van der Waals surface area contributed by atoms with Gasteiger partial charge in [0.15, 0.2) is 5.65 Å². The molecule has 0 saturated carbocycles. The number of hydrogen-bond acceptors (Lipinski definition) is 6. The number of aromatic nitrogens is 3. The fourth-order valence-electron chi connectivity index (χ4n) is 1.03. The Kier molecular flexibility index (Phi) is 2.25. The van der Waals surface area contributed by atoms with Crippen LogP contribution in [0.2, 0.25) is 0 Å². The van der Waals surface area contributed by atoms with Crippen molar-refractivity contribution in [3.8, 4) is 5.75 Å². The van der Waals surface area contributed by atoms with E-state index in [1.165, 1.54) is 24.7 Å². The van der Waals surface area contributed by atoms with Gasteiger partial charge in [0.2, 0.25) is 0 Å². The van der Waals surface area contributed by atoms with Crippen LogP contribution in [-0.2, 0) is 0 Å². The highest BCUT2D eigenvalue weighted by Gasteiger charge is 2.11. The van der Waals surface area contributed by atoms with E-state index in [2.05, 4.69) is 19.6 Å². The third kappa shape index (κ3) is 1.78. The molecule has 2 heterocycles. The summed E-state index contributed by atoms with van der Waals surface area (Å²) in [4.78, 5) is 11.8. The van der Waals surface area contributed by atoms with E-state index in [-0.39, 0.29) is 5.75 Å². The smallest absolute Gasteiger partial charge is 0.511 e. The van der Waals surface area contributed by atoms with Crippen molar-refractivity contribution in [2.24, 2.45) is 0 Å². The summed E-state index contributed by atoms with van der Waals surface area (Å²) in [7, 11) is -1.86. The van der Waals surface area contributed by atoms with E-state index >= 15 is 0 Å². The standard InChI is InChI=1S/C7H6BN3O3/c12-8(13)14-5-3-6-7(11-4-5)10-2-1-9-6/h1-4,12-13H. The summed E-state index contributed by atoms with van der Waals surface area (Å²) in [6.07, 6.45) is 4.39. The van der Waals surface area contributed by atoms with Gasteiger partial charge in [-0.05, 0) is 0 Å². The van der Waals surface area contributed by atoms with Crippen molar-refractivity contribution in [1.29, 1.82) is 0 Å². The third-order valence-corrected chi connectivity index (χ3v) is 1.54. The van der Waals surface area contributed by atoms with Crippen molar-refractivity contribution < 1.29 is 14.7 Å². The van der Waals surface area contributed by atoms with Gasteiger partial charge in [-0.15, -0.1) is 0 Å². The maximum atomic E-state index is 8.55. The Labute approximate surface area is 79.4 Å². The van der Waals surface area contributed by atoms with Crippen LogP contribution >= 0.6 is 0 Å². The average molecular weight is 191 g/mol. The Balaban J connectivity index is 2.41. The highest BCUT2D eigenvalue weighted by Crippen LogP contribution is 2.14. The minimum Gasteiger partial charge on any atom is -0.511 e. The maximum absolute atomic E-state index is 8.55. The summed E-state index contributed by atoms with van der Waals surface area (Å²) in [5.41, 5.74) is 1.01. The van der Waals surface area contributed by atoms with Crippen molar-refractivity contribution in [1.82, 2.24) is 15.0 Å². The molecule has 0 atom stereocenters. The van der Waals surface area contributed by atoms with Crippen LogP contribution in [-0.4, -0.2) is 32.3 Å². The van der Waals surface area contributed by atoms with Crippen LogP contribution in [0, 0.1) is 0 Å². The van der Waals surface area contributed by atoms with Crippen LogP contribution in [0.25, 0.3) is 11.2 Å². The summed E-state index contributed by atoms with van der Waals surface area (Å²) >= 11 is 0. The van der Waals surface area contributed by atoms with E-state index in [0.717, 1.165) is 0 Å². The number of pyridine rings is 1. The molecule has 2 aromatic heterocycles. The Morgan fingerprint density at radius 3 is 2.71 bits per heavy atom. The molecule has 0 fully saturated rings. The van der Waals surface area contributed by atoms with Gasteiger partial charge in [0, 0.05) is 18.5 Å². The van der Waals surface area contributed by atoms with E-state index in [9.17, 15) is 0 Å². The fourth-order valence-corrected chi connectivity index (χ4v) is 1.03. The molecule has 2 aromatic rings. The first-order valence-corrected chi connectivity index (χ1v) is 3.85. The van der Waals surface area contributed by atoms with Gasteiger partial charge in [0.1, 0.15) is 11.3 Å². The molecule has 0 unspecified atom stereocenters. The van der Waals surface area contributed by atoms with Crippen LogP contribution in [0.4, 0.5) is 0 Å². The molecule has 6 nitrogen and oxygen atoms in total. The van der Waals surface area contributed by atoms with E-state index in [0.29, 0.717) is 11.2 Å². The van der Waals surface area contributed by atoms with Gasteiger partial charge in [0.25, 0.3) is 0 Å². The second kappa shape index (κ2) is 3.56. The summed E-state index contributed by atoms with van der Waals surface area (Å²) in [5.74, 6) is 0.230. The Morgan fingerprint density at radius 2 is 1.93 bits per heavy atom. The van der Waals surface area contributed by atoms with Gasteiger partial charge < -0.3 is 14.7 Å². The quantitative estimate of drug-likeness (QED) is 0.614. The van der Waals surface area contributed by atoms with Crippen molar-refractivity contribution >= 4 is 18.5 Å². The highest BCUT2D eigenvalue weighted by molar-refractivity contribution is 6.33. The van der Waals surface area contributed by atoms with E-state index < -0.39 is 7.32 Å². The molecule has 2 N–H and O–H groups in total. The molecular weight excluding hydrogens is 185 g/mol. The topological polar surface area (TPSA) is 88.4 Å². The zero-order chi connectivity index (χ0) is 9.97. The van der Waals surface area contributed by atoms with E-state index in [4.69, 9.17) is 10.0 Å². The fraction of sp³-hybridized carbons (Fsp3) is 0. The van der Waals surface area contributed by atoms with Crippen LogP contribution < -0.4 is 4.65 Å². The molecule has 2 rings (SSSR count). The lowest BCUT2D eigenvalue weighted by Gasteiger charge is -2.03. The second-order valence-electron chi connectivity index (χ2n) is 2.51. The van der Waals surface area contributed by atoms with Crippen LogP contribution in [0.3, 0.4) is 0 Å². The molecule has 0 spiro atoms.